The van der Waals surface area contributed by atoms with E-state index in [-0.39, 0.29) is 34.9 Å². The summed E-state index contributed by atoms with van der Waals surface area (Å²) in [6, 6.07) is 16.5. The first-order chi connectivity index (χ1) is 15.0. The van der Waals surface area contributed by atoms with Crippen LogP contribution in [0.15, 0.2) is 70.1 Å². The summed E-state index contributed by atoms with van der Waals surface area (Å²) in [6.07, 6.45) is 2.18. The number of aldehydes is 1. The summed E-state index contributed by atoms with van der Waals surface area (Å²) in [4.78, 5) is 24.8. The van der Waals surface area contributed by atoms with E-state index in [4.69, 9.17) is 9.15 Å². The maximum atomic E-state index is 13.2. The van der Waals surface area contributed by atoms with E-state index < -0.39 is 16.9 Å². The van der Waals surface area contributed by atoms with E-state index in [0.29, 0.717) is 17.6 Å². The van der Waals surface area contributed by atoms with Crippen molar-refractivity contribution in [2.24, 2.45) is 0 Å². The van der Waals surface area contributed by atoms with Crippen LogP contribution in [0.3, 0.4) is 0 Å². The standard InChI is InChI=1S/C25H20O6/c1-30-18-9-7-16(8-10-18)11-17-14-31-25-19(12-15-5-3-2-4-6-15)23(28)20(13-26)24(29)21(25)22(17)27/h2-10,13-14,28-29H,11-12H2,1H3. The molecule has 0 saturated heterocycles. The Hall–Kier alpha value is -4.06. The normalized spacial score (nSPS) is 10.9. The van der Waals surface area contributed by atoms with E-state index >= 15 is 0 Å². The zero-order valence-corrected chi connectivity index (χ0v) is 16.8. The smallest absolute Gasteiger partial charge is 0.199 e. The number of benzene rings is 3. The Bertz CT molecular complexity index is 1300. The van der Waals surface area contributed by atoms with Gasteiger partial charge in [-0.1, -0.05) is 42.5 Å². The lowest BCUT2D eigenvalue weighted by atomic mass is 9.96. The van der Waals surface area contributed by atoms with Crippen LogP contribution in [-0.4, -0.2) is 23.6 Å². The molecule has 0 aliphatic heterocycles. The molecule has 0 bridgehead atoms. The Morgan fingerprint density at radius 1 is 0.935 bits per heavy atom. The molecule has 6 nitrogen and oxygen atoms in total. The van der Waals surface area contributed by atoms with Gasteiger partial charge in [0, 0.05) is 24.0 Å². The molecule has 0 aliphatic carbocycles. The molecule has 3 aromatic carbocycles. The first-order valence-electron chi connectivity index (χ1n) is 9.66. The highest BCUT2D eigenvalue weighted by Crippen LogP contribution is 2.38. The highest BCUT2D eigenvalue weighted by molar-refractivity contribution is 5.98. The van der Waals surface area contributed by atoms with E-state index in [2.05, 4.69) is 0 Å². The van der Waals surface area contributed by atoms with Crippen LogP contribution in [-0.2, 0) is 12.8 Å². The minimum absolute atomic E-state index is 0.0629. The van der Waals surface area contributed by atoms with Crippen LogP contribution in [0, 0.1) is 0 Å². The topological polar surface area (TPSA) is 97.0 Å². The Balaban J connectivity index is 1.87. The molecule has 4 rings (SSSR count). The van der Waals surface area contributed by atoms with Gasteiger partial charge in [-0.3, -0.25) is 9.59 Å². The van der Waals surface area contributed by atoms with Gasteiger partial charge in [-0.25, -0.2) is 0 Å². The lowest BCUT2D eigenvalue weighted by Crippen LogP contribution is -2.11. The largest absolute Gasteiger partial charge is 0.507 e. The van der Waals surface area contributed by atoms with Crippen molar-refractivity contribution in [1.29, 1.82) is 0 Å². The van der Waals surface area contributed by atoms with Crippen LogP contribution in [0.25, 0.3) is 11.0 Å². The fourth-order valence-corrected chi connectivity index (χ4v) is 3.62. The number of hydrogen-bond acceptors (Lipinski definition) is 6. The second-order valence-corrected chi connectivity index (χ2v) is 7.19. The van der Waals surface area contributed by atoms with Crippen molar-refractivity contribution in [2.75, 3.05) is 7.11 Å². The molecule has 6 heteroatoms. The summed E-state index contributed by atoms with van der Waals surface area (Å²) in [7, 11) is 1.57. The Labute approximate surface area is 178 Å². The molecular formula is C25H20O6. The fraction of sp³-hybridized carbons (Fsp3) is 0.120. The molecule has 1 aromatic heterocycles. The zero-order valence-electron chi connectivity index (χ0n) is 16.8. The van der Waals surface area contributed by atoms with Gasteiger partial charge in [0.25, 0.3) is 0 Å². The van der Waals surface area contributed by atoms with Gasteiger partial charge >= 0.3 is 0 Å². The molecule has 0 saturated carbocycles. The Morgan fingerprint density at radius 2 is 1.61 bits per heavy atom. The van der Waals surface area contributed by atoms with Crippen molar-refractivity contribution in [1.82, 2.24) is 0 Å². The number of carbonyl (C=O) groups is 1. The third kappa shape index (κ3) is 3.75. The van der Waals surface area contributed by atoms with E-state index in [9.17, 15) is 19.8 Å². The molecule has 0 unspecified atom stereocenters. The number of fused-ring (bicyclic) bond motifs is 1. The third-order valence-electron chi connectivity index (χ3n) is 5.27. The van der Waals surface area contributed by atoms with Crippen molar-refractivity contribution < 1.29 is 24.2 Å². The molecule has 1 heterocycles. The average Bonchev–Trinajstić information content (AvgIpc) is 2.79. The average molecular weight is 416 g/mol. The third-order valence-corrected chi connectivity index (χ3v) is 5.27. The number of phenols is 2. The second-order valence-electron chi connectivity index (χ2n) is 7.19. The van der Waals surface area contributed by atoms with Gasteiger partial charge in [0.05, 0.1) is 18.9 Å². The van der Waals surface area contributed by atoms with Crippen molar-refractivity contribution in [3.8, 4) is 17.2 Å². The van der Waals surface area contributed by atoms with Crippen LogP contribution < -0.4 is 10.2 Å². The highest BCUT2D eigenvalue weighted by atomic mass is 16.5. The van der Waals surface area contributed by atoms with Gasteiger partial charge in [0.2, 0.25) is 0 Å². The van der Waals surface area contributed by atoms with E-state index in [1.165, 1.54) is 6.26 Å². The molecular weight excluding hydrogens is 396 g/mol. The quantitative estimate of drug-likeness (QED) is 0.457. The molecule has 31 heavy (non-hydrogen) atoms. The van der Waals surface area contributed by atoms with E-state index in [1.807, 2.05) is 42.5 Å². The molecule has 4 aromatic rings. The summed E-state index contributed by atoms with van der Waals surface area (Å²) in [5.41, 5.74) is 1.58. The Morgan fingerprint density at radius 3 is 2.26 bits per heavy atom. The fourth-order valence-electron chi connectivity index (χ4n) is 3.62. The highest BCUT2D eigenvalue weighted by Gasteiger charge is 2.23. The van der Waals surface area contributed by atoms with Crippen molar-refractivity contribution >= 4 is 17.3 Å². The predicted octanol–water partition coefficient (Wildman–Crippen LogP) is 4.21. The summed E-state index contributed by atoms with van der Waals surface area (Å²) in [5.74, 6) is -0.275. The maximum absolute atomic E-state index is 13.2. The van der Waals surface area contributed by atoms with Crippen molar-refractivity contribution in [3.63, 3.8) is 0 Å². The molecule has 0 spiro atoms. The number of hydrogen-bond donors (Lipinski definition) is 2. The number of rotatable bonds is 6. The van der Waals surface area contributed by atoms with Gasteiger partial charge < -0.3 is 19.4 Å². The van der Waals surface area contributed by atoms with E-state index in [1.54, 1.807) is 19.2 Å². The first kappa shape index (κ1) is 20.2. The Kier molecular flexibility index (Phi) is 5.45. The minimum atomic E-state index is -0.579. The lowest BCUT2D eigenvalue weighted by molar-refractivity contribution is 0.111. The summed E-state index contributed by atoms with van der Waals surface area (Å²) in [5, 5.41) is 21.1. The van der Waals surface area contributed by atoms with Gasteiger partial charge in [0.15, 0.2) is 11.7 Å². The molecule has 0 aliphatic rings. The van der Waals surface area contributed by atoms with Crippen LogP contribution in [0.1, 0.15) is 32.6 Å². The SMILES string of the molecule is COc1ccc(Cc2coc3c(Cc4ccccc4)c(O)c(C=O)c(O)c3c2=O)cc1. The number of carbonyl (C=O) groups excluding carboxylic acids is 1. The molecule has 0 fully saturated rings. The first-order valence-corrected chi connectivity index (χ1v) is 9.66. The lowest BCUT2D eigenvalue weighted by Gasteiger charge is -2.13. The van der Waals surface area contributed by atoms with Gasteiger partial charge in [-0.2, -0.15) is 0 Å². The number of phenolic OH excluding ortho intramolecular Hbond substituents is 2. The number of ether oxygens (including phenoxy) is 1. The van der Waals surface area contributed by atoms with Gasteiger partial charge in [0.1, 0.15) is 28.2 Å². The predicted molar refractivity (Wildman–Crippen MR) is 116 cm³/mol. The van der Waals surface area contributed by atoms with Crippen LogP contribution in [0.5, 0.6) is 17.2 Å². The molecule has 156 valence electrons. The zero-order chi connectivity index (χ0) is 22.0. The van der Waals surface area contributed by atoms with Crippen molar-refractivity contribution in [3.05, 3.63) is 98.9 Å². The summed E-state index contributed by atoms with van der Waals surface area (Å²) >= 11 is 0. The second kappa shape index (κ2) is 8.36. The van der Waals surface area contributed by atoms with E-state index in [0.717, 1.165) is 11.1 Å². The van der Waals surface area contributed by atoms with Crippen LogP contribution >= 0.6 is 0 Å². The minimum Gasteiger partial charge on any atom is -0.507 e. The van der Waals surface area contributed by atoms with Gasteiger partial charge in [-0.05, 0) is 23.3 Å². The summed E-state index contributed by atoms with van der Waals surface area (Å²) < 4.78 is 10.9. The van der Waals surface area contributed by atoms with Crippen LogP contribution in [0.4, 0.5) is 0 Å². The molecule has 0 atom stereocenters. The summed E-state index contributed by atoms with van der Waals surface area (Å²) in [6.45, 7) is 0. The monoisotopic (exact) mass is 416 g/mol. The van der Waals surface area contributed by atoms with Gasteiger partial charge in [-0.15, -0.1) is 0 Å². The molecule has 2 N–H and O–H groups in total. The van der Waals surface area contributed by atoms with Crippen LogP contribution in [0.2, 0.25) is 0 Å². The van der Waals surface area contributed by atoms with Crippen molar-refractivity contribution in [2.45, 2.75) is 12.8 Å². The molecule has 0 radical (unpaired) electrons. The number of methoxy groups -OCH3 is 1. The molecule has 0 amide bonds. The number of aromatic hydroxyl groups is 2. The maximum Gasteiger partial charge on any atom is 0.199 e.